The van der Waals surface area contributed by atoms with E-state index in [-0.39, 0.29) is 29.3 Å². The van der Waals surface area contributed by atoms with Crippen LogP contribution in [0.2, 0.25) is 0 Å². The number of hydrogen-bond donors (Lipinski definition) is 3. The van der Waals surface area contributed by atoms with Gasteiger partial charge in [0.1, 0.15) is 11.6 Å². The molecule has 1 amide bonds. The predicted molar refractivity (Wildman–Crippen MR) is 179 cm³/mol. The minimum Gasteiger partial charge on any atom is -0.393 e. The number of carbonyl (C=O) groups excluding carboxylic acids is 1. The van der Waals surface area contributed by atoms with Crippen molar-refractivity contribution in [1.29, 1.82) is 0 Å². The van der Waals surface area contributed by atoms with E-state index in [1.165, 1.54) is 12.4 Å². The fraction of sp³-hybridized carbons (Fsp3) is 0.455. The molecule has 15 heteroatoms. The Morgan fingerprint density at radius 3 is 2.48 bits per heavy atom. The molecule has 3 aliphatic rings. The molecule has 2 aliphatic carbocycles. The SMILES string of the molecule is CC(=O)N1CCC(n2cc(C#Cc3cnc(Nc4ccnc(-c5cnn(S(=O)(=O)C6CC6)c5)n4)cc3NC3CCC(O)CC3)cn2)CC1. The summed E-state index contributed by atoms with van der Waals surface area (Å²) < 4.78 is 28.1. The Balaban J connectivity index is 1.09. The highest BCUT2D eigenvalue weighted by Gasteiger charge is 2.37. The first-order chi connectivity index (χ1) is 23.2. The van der Waals surface area contributed by atoms with Crippen molar-refractivity contribution in [2.24, 2.45) is 0 Å². The van der Waals surface area contributed by atoms with Gasteiger partial charge in [0, 0.05) is 50.7 Å². The second-order valence-corrected chi connectivity index (χ2v) is 14.8. The highest BCUT2D eigenvalue weighted by Crippen LogP contribution is 2.31. The number of carbonyl (C=O) groups is 1. The number of aliphatic hydroxyl groups is 1. The molecule has 0 aromatic carbocycles. The summed E-state index contributed by atoms with van der Waals surface area (Å²) in [5, 5.41) is 25.1. The molecule has 1 aliphatic heterocycles. The summed E-state index contributed by atoms with van der Waals surface area (Å²) in [4.78, 5) is 27.1. The van der Waals surface area contributed by atoms with Crippen molar-refractivity contribution in [1.82, 2.24) is 38.8 Å². The number of pyridine rings is 1. The van der Waals surface area contributed by atoms with Crippen molar-refractivity contribution in [2.75, 3.05) is 23.7 Å². The molecule has 3 N–H and O–H groups in total. The minimum atomic E-state index is -3.49. The van der Waals surface area contributed by atoms with E-state index in [0.29, 0.717) is 35.9 Å². The quantitative estimate of drug-likeness (QED) is 0.235. The zero-order valence-corrected chi connectivity index (χ0v) is 27.5. The van der Waals surface area contributed by atoms with E-state index in [9.17, 15) is 18.3 Å². The van der Waals surface area contributed by atoms with Crippen molar-refractivity contribution in [3.05, 3.63) is 60.4 Å². The lowest BCUT2D eigenvalue weighted by Crippen LogP contribution is -2.37. The van der Waals surface area contributed by atoms with Crippen LogP contribution < -0.4 is 10.6 Å². The van der Waals surface area contributed by atoms with Crippen molar-refractivity contribution in [3.8, 4) is 23.2 Å². The van der Waals surface area contributed by atoms with Crippen LogP contribution in [0.1, 0.15) is 75.5 Å². The molecule has 0 atom stereocenters. The van der Waals surface area contributed by atoms with E-state index in [1.54, 1.807) is 31.6 Å². The van der Waals surface area contributed by atoms with E-state index < -0.39 is 10.0 Å². The Bertz CT molecular complexity index is 1960. The molecule has 48 heavy (non-hydrogen) atoms. The predicted octanol–water partition coefficient (Wildman–Crippen LogP) is 3.31. The fourth-order valence-electron chi connectivity index (χ4n) is 6.15. The van der Waals surface area contributed by atoms with E-state index in [2.05, 4.69) is 47.6 Å². The van der Waals surface area contributed by atoms with E-state index in [1.807, 2.05) is 21.8 Å². The first kappa shape index (κ1) is 31.8. The fourth-order valence-corrected chi connectivity index (χ4v) is 7.62. The lowest BCUT2D eigenvalue weighted by molar-refractivity contribution is -0.130. The number of aromatic nitrogens is 7. The Hall–Kier alpha value is -4.81. The van der Waals surface area contributed by atoms with Crippen LogP contribution in [0.5, 0.6) is 0 Å². The Morgan fingerprint density at radius 1 is 0.938 bits per heavy atom. The average Bonchev–Trinajstić information content (AvgIpc) is 3.64. The van der Waals surface area contributed by atoms with Crippen LogP contribution in [0.15, 0.2) is 49.3 Å². The summed E-state index contributed by atoms with van der Waals surface area (Å²) >= 11 is 0. The lowest BCUT2D eigenvalue weighted by atomic mass is 9.93. The molecule has 4 aromatic rings. The molecular weight excluding hydrogens is 632 g/mol. The molecule has 5 heterocycles. The van der Waals surface area contributed by atoms with Gasteiger partial charge in [-0.05, 0) is 57.4 Å². The summed E-state index contributed by atoms with van der Waals surface area (Å²) in [5.74, 6) is 7.98. The third-order valence-electron chi connectivity index (χ3n) is 9.12. The highest BCUT2D eigenvalue weighted by molar-refractivity contribution is 7.90. The van der Waals surface area contributed by atoms with Gasteiger partial charge in [-0.25, -0.2) is 23.4 Å². The second kappa shape index (κ2) is 13.4. The molecule has 1 saturated heterocycles. The first-order valence-corrected chi connectivity index (χ1v) is 17.9. The molecule has 2 saturated carbocycles. The Morgan fingerprint density at radius 2 is 1.73 bits per heavy atom. The Kier molecular flexibility index (Phi) is 8.84. The number of piperidine rings is 1. The van der Waals surface area contributed by atoms with Gasteiger partial charge in [0.25, 0.3) is 10.0 Å². The number of amides is 1. The van der Waals surface area contributed by atoms with E-state index in [4.69, 9.17) is 0 Å². The zero-order valence-electron chi connectivity index (χ0n) is 26.7. The van der Waals surface area contributed by atoms with E-state index in [0.717, 1.165) is 72.5 Å². The maximum Gasteiger partial charge on any atom is 0.256 e. The second-order valence-electron chi connectivity index (χ2n) is 12.7. The van der Waals surface area contributed by atoms with Gasteiger partial charge in [-0.1, -0.05) is 11.8 Å². The van der Waals surface area contributed by atoms with Crippen LogP contribution >= 0.6 is 0 Å². The van der Waals surface area contributed by atoms with Gasteiger partial charge in [0.05, 0.1) is 58.4 Å². The number of anilines is 3. The molecule has 250 valence electrons. The van der Waals surface area contributed by atoms with Crippen LogP contribution in [0, 0.1) is 11.8 Å². The van der Waals surface area contributed by atoms with Crippen LogP contribution in [-0.2, 0) is 14.8 Å². The number of aliphatic hydroxyl groups excluding tert-OH is 1. The summed E-state index contributed by atoms with van der Waals surface area (Å²) in [7, 11) is -3.49. The third-order valence-corrected chi connectivity index (χ3v) is 11.2. The van der Waals surface area contributed by atoms with Gasteiger partial charge in [-0.3, -0.25) is 9.48 Å². The monoisotopic (exact) mass is 670 g/mol. The molecule has 0 unspecified atom stereocenters. The summed E-state index contributed by atoms with van der Waals surface area (Å²) in [6.45, 7) is 3.06. The summed E-state index contributed by atoms with van der Waals surface area (Å²) in [6.07, 6.45) is 15.8. The largest absolute Gasteiger partial charge is 0.393 e. The van der Waals surface area contributed by atoms with E-state index >= 15 is 0 Å². The zero-order chi connectivity index (χ0) is 33.3. The Labute approximate surface area is 279 Å². The van der Waals surface area contributed by atoms with Gasteiger partial charge in [-0.15, -0.1) is 0 Å². The van der Waals surface area contributed by atoms with Gasteiger partial charge in [0.2, 0.25) is 5.91 Å². The molecule has 0 bridgehead atoms. The van der Waals surface area contributed by atoms with Crippen molar-refractivity contribution < 1.29 is 18.3 Å². The number of nitrogens with one attached hydrogen (secondary N) is 2. The summed E-state index contributed by atoms with van der Waals surface area (Å²) in [5.41, 5.74) is 2.82. The maximum atomic E-state index is 12.6. The van der Waals surface area contributed by atoms with Crippen LogP contribution in [0.3, 0.4) is 0 Å². The molecule has 0 spiro atoms. The lowest BCUT2D eigenvalue weighted by Gasteiger charge is -2.31. The summed E-state index contributed by atoms with van der Waals surface area (Å²) in [6, 6.07) is 4.02. The molecule has 7 rings (SSSR count). The molecular formula is C33H38N10O4S. The normalized spacial score (nSPS) is 20.2. The highest BCUT2D eigenvalue weighted by atomic mass is 32.2. The van der Waals surface area contributed by atoms with Crippen molar-refractivity contribution in [2.45, 2.75) is 81.7 Å². The smallest absolute Gasteiger partial charge is 0.256 e. The molecule has 3 fully saturated rings. The van der Waals surface area contributed by atoms with Crippen LogP contribution in [-0.4, -0.2) is 88.7 Å². The van der Waals surface area contributed by atoms with Crippen molar-refractivity contribution in [3.63, 3.8) is 0 Å². The van der Waals surface area contributed by atoms with Crippen LogP contribution in [0.4, 0.5) is 17.3 Å². The molecule has 14 nitrogen and oxygen atoms in total. The van der Waals surface area contributed by atoms with Gasteiger partial charge in [-0.2, -0.15) is 14.3 Å². The maximum absolute atomic E-state index is 12.6. The van der Waals surface area contributed by atoms with Crippen LogP contribution in [0.25, 0.3) is 11.4 Å². The number of likely N-dealkylation sites (tertiary alicyclic amines) is 1. The standard InChI is InChI=1S/C33H38N10O4S/c1-22(44)41-14-11-27(12-15-41)42-20-23(17-36-42)2-3-24-18-35-32(16-30(24)38-26-4-6-28(45)7-5-26)39-31-10-13-34-33(40-31)25-19-37-43(21-25)48(46,47)29-8-9-29/h10,13,16-21,26-29,45H,4-9,11-12,14-15H2,1H3,(H2,34,35,38,39,40). The topological polar surface area (TPSA) is 173 Å². The van der Waals surface area contributed by atoms with Crippen molar-refractivity contribution >= 4 is 33.3 Å². The number of rotatable bonds is 8. The first-order valence-electron chi connectivity index (χ1n) is 16.4. The number of hydrogen-bond acceptors (Lipinski definition) is 11. The average molecular weight is 671 g/mol. The van der Waals surface area contributed by atoms with Gasteiger partial charge in [0.15, 0.2) is 5.82 Å². The van der Waals surface area contributed by atoms with Gasteiger partial charge < -0.3 is 20.6 Å². The molecule has 4 aromatic heterocycles. The minimum absolute atomic E-state index is 0.109. The van der Waals surface area contributed by atoms with Gasteiger partial charge >= 0.3 is 0 Å². The number of nitrogens with zero attached hydrogens (tertiary/aromatic N) is 8. The molecule has 0 radical (unpaired) electrons. The third kappa shape index (κ3) is 7.19.